The predicted octanol–water partition coefficient (Wildman–Crippen LogP) is 2.10. The van der Waals surface area contributed by atoms with Crippen molar-refractivity contribution in [3.05, 3.63) is 23.8 Å². The summed E-state index contributed by atoms with van der Waals surface area (Å²) < 4.78 is 37.0. The Morgan fingerprint density at radius 1 is 1.43 bits per heavy atom. The number of hydrogen-bond acceptors (Lipinski definition) is 4. The zero-order valence-electron chi connectivity index (χ0n) is 13.3. The molecule has 0 saturated carbocycles. The second kappa shape index (κ2) is 7.59. The van der Waals surface area contributed by atoms with E-state index >= 15 is 0 Å². The molecular formula is C16H22F2N2O3. The van der Waals surface area contributed by atoms with Gasteiger partial charge in [-0.25, -0.2) is 8.78 Å². The van der Waals surface area contributed by atoms with E-state index in [0.29, 0.717) is 18.1 Å². The fraction of sp³-hybridized carbons (Fsp3) is 0.562. The molecule has 23 heavy (non-hydrogen) atoms. The van der Waals surface area contributed by atoms with Gasteiger partial charge in [0.05, 0.1) is 26.3 Å². The van der Waals surface area contributed by atoms with E-state index < -0.39 is 30.8 Å². The molecule has 1 fully saturated rings. The first-order valence-corrected chi connectivity index (χ1v) is 7.64. The summed E-state index contributed by atoms with van der Waals surface area (Å²) in [6.07, 6.45) is 0.423. The second-order valence-electron chi connectivity index (χ2n) is 5.55. The lowest BCUT2D eigenvalue weighted by Gasteiger charge is -2.14. The summed E-state index contributed by atoms with van der Waals surface area (Å²) in [6, 6.07) is 4.50. The number of rotatable bonds is 7. The quantitative estimate of drug-likeness (QED) is 0.805. The Balaban J connectivity index is 1.91. The highest BCUT2D eigenvalue weighted by Gasteiger charge is 2.42. The molecule has 0 spiro atoms. The van der Waals surface area contributed by atoms with Gasteiger partial charge in [-0.2, -0.15) is 0 Å². The summed E-state index contributed by atoms with van der Waals surface area (Å²) in [4.78, 5) is 11.9. The van der Waals surface area contributed by atoms with E-state index in [0.717, 1.165) is 12.0 Å². The van der Waals surface area contributed by atoms with Crippen molar-refractivity contribution < 1.29 is 23.0 Å². The van der Waals surface area contributed by atoms with Gasteiger partial charge in [-0.05, 0) is 24.1 Å². The van der Waals surface area contributed by atoms with Crippen LogP contribution in [0.4, 0.5) is 8.78 Å². The molecule has 0 aliphatic carbocycles. The van der Waals surface area contributed by atoms with Crippen LogP contribution in [0.25, 0.3) is 0 Å². The summed E-state index contributed by atoms with van der Waals surface area (Å²) in [5.41, 5.74) is 0.809. The number of alkyl halides is 2. The molecule has 2 N–H and O–H groups in total. The van der Waals surface area contributed by atoms with Crippen LogP contribution in [0.1, 0.15) is 25.3 Å². The monoisotopic (exact) mass is 328 g/mol. The van der Waals surface area contributed by atoms with Gasteiger partial charge in [0, 0.05) is 13.0 Å². The molecule has 1 atom stereocenters. The SMILES string of the molecule is CCCOc1ccc(CNC(=O)C2CC(F)(F)CN2)cc1OC. The van der Waals surface area contributed by atoms with E-state index in [4.69, 9.17) is 9.47 Å². The van der Waals surface area contributed by atoms with Gasteiger partial charge in [0.25, 0.3) is 5.92 Å². The minimum absolute atomic E-state index is 0.243. The first-order chi connectivity index (χ1) is 10.9. The average molecular weight is 328 g/mol. The number of nitrogens with one attached hydrogen (secondary N) is 2. The highest BCUT2D eigenvalue weighted by Crippen LogP contribution is 2.28. The molecule has 1 aliphatic rings. The fourth-order valence-corrected chi connectivity index (χ4v) is 2.37. The van der Waals surface area contributed by atoms with Crippen molar-refractivity contribution in [2.45, 2.75) is 38.3 Å². The van der Waals surface area contributed by atoms with Crippen molar-refractivity contribution in [3.63, 3.8) is 0 Å². The zero-order chi connectivity index (χ0) is 16.9. The van der Waals surface area contributed by atoms with Crippen molar-refractivity contribution in [2.24, 2.45) is 0 Å². The lowest BCUT2D eigenvalue weighted by atomic mass is 10.1. The normalized spacial score (nSPS) is 19.4. The zero-order valence-corrected chi connectivity index (χ0v) is 13.3. The number of methoxy groups -OCH3 is 1. The number of halogens is 2. The molecule has 0 radical (unpaired) electrons. The molecule has 1 aliphatic heterocycles. The van der Waals surface area contributed by atoms with Crippen LogP contribution in [0, 0.1) is 0 Å². The molecule has 2 rings (SSSR count). The van der Waals surface area contributed by atoms with Crippen molar-refractivity contribution >= 4 is 5.91 Å². The summed E-state index contributed by atoms with van der Waals surface area (Å²) in [6.45, 7) is 2.39. The summed E-state index contributed by atoms with van der Waals surface area (Å²) in [7, 11) is 1.54. The first kappa shape index (κ1) is 17.5. The van der Waals surface area contributed by atoms with E-state index in [1.807, 2.05) is 13.0 Å². The minimum Gasteiger partial charge on any atom is -0.493 e. The standard InChI is InChI=1S/C16H22F2N2O3/c1-3-6-23-13-5-4-11(7-14(13)22-2)9-19-15(21)12-8-16(17,18)10-20-12/h4-5,7,12,20H,3,6,8-10H2,1-2H3,(H,19,21). The third-order valence-electron chi connectivity index (χ3n) is 3.58. The Morgan fingerprint density at radius 2 is 2.22 bits per heavy atom. The summed E-state index contributed by atoms with van der Waals surface area (Å²) in [5.74, 6) is -2.02. The van der Waals surface area contributed by atoms with Crippen LogP contribution in [0.3, 0.4) is 0 Å². The number of carbonyl (C=O) groups excluding carboxylic acids is 1. The molecule has 0 aromatic heterocycles. The molecule has 128 valence electrons. The molecule has 1 unspecified atom stereocenters. The van der Waals surface area contributed by atoms with Gasteiger partial charge in [-0.1, -0.05) is 13.0 Å². The highest BCUT2D eigenvalue weighted by molar-refractivity contribution is 5.82. The number of ether oxygens (including phenoxy) is 2. The molecule has 1 heterocycles. The average Bonchev–Trinajstić information content (AvgIpc) is 2.91. The molecule has 1 aromatic rings. The maximum atomic E-state index is 13.1. The number of amides is 1. The number of benzene rings is 1. The van der Waals surface area contributed by atoms with Crippen LogP contribution < -0.4 is 20.1 Å². The molecule has 1 saturated heterocycles. The lowest BCUT2D eigenvalue weighted by Crippen LogP contribution is -2.40. The van der Waals surface area contributed by atoms with Crippen LogP contribution >= 0.6 is 0 Å². The van der Waals surface area contributed by atoms with E-state index in [1.165, 1.54) is 0 Å². The molecule has 1 amide bonds. The molecule has 5 nitrogen and oxygen atoms in total. The Labute approximate surface area is 134 Å². The lowest BCUT2D eigenvalue weighted by molar-refractivity contribution is -0.123. The van der Waals surface area contributed by atoms with Gasteiger partial charge in [-0.3, -0.25) is 10.1 Å². The van der Waals surface area contributed by atoms with E-state index in [2.05, 4.69) is 10.6 Å². The predicted molar refractivity (Wildman–Crippen MR) is 82.0 cm³/mol. The van der Waals surface area contributed by atoms with E-state index in [-0.39, 0.29) is 6.54 Å². The number of hydrogen-bond donors (Lipinski definition) is 2. The van der Waals surface area contributed by atoms with Gasteiger partial charge < -0.3 is 14.8 Å². The maximum absolute atomic E-state index is 13.1. The van der Waals surface area contributed by atoms with Gasteiger partial charge >= 0.3 is 0 Å². The maximum Gasteiger partial charge on any atom is 0.262 e. The molecule has 1 aromatic carbocycles. The summed E-state index contributed by atoms with van der Waals surface area (Å²) >= 11 is 0. The third kappa shape index (κ3) is 4.79. The van der Waals surface area contributed by atoms with Crippen LogP contribution in [0.5, 0.6) is 11.5 Å². The van der Waals surface area contributed by atoms with Gasteiger partial charge in [-0.15, -0.1) is 0 Å². The van der Waals surface area contributed by atoms with Crippen molar-refractivity contribution in [2.75, 3.05) is 20.3 Å². The van der Waals surface area contributed by atoms with Gasteiger partial charge in [0.1, 0.15) is 0 Å². The van der Waals surface area contributed by atoms with Crippen LogP contribution in [0.2, 0.25) is 0 Å². The topological polar surface area (TPSA) is 59.6 Å². The van der Waals surface area contributed by atoms with Crippen molar-refractivity contribution in [1.29, 1.82) is 0 Å². The second-order valence-corrected chi connectivity index (χ2v) is 5.55. The van der Waals surface area contributed by atoms with Crippen molar-refractivity contribution in [1.82, 2.24) is 10.6 Å². The Morgan fingerprint density at radius 3 is 2.83 bits per heavy atom. The smallest absolute Gasteiger partial charge is 0.262 e. The fourth-order valence-electron chi connectivity index (χ4n) is 2.37. The van der Waals surface area contributed by atoms with Gasteiger partial charge in [0.15, 0.2) is 11.5 Å². The Bertz CT molecular complexity index is 552. The van der Waals surface area contributed by atoms with Crippen LogP contribution in [-0.2, 0) is 11.3 Å². The van der Waals surface area contributed by atoms with Crippen LogP contribution in [0.15, 0.2) is 18.2 Å². The van der Waals surface area contributed by atoms with Crippen molar-refractivity contribution in [3.8, 4) is 11.5 Å². The van der Waals surface area contributed by atoms with E-state index in [9.17, 15) is 13.6 Å². The largest absolute Gasteiger partial charge is 0.493 e. The Kier molecular flexibility index (Phi) is 5.76. The molecule has 7 heteroatoms. The van der Waals surface area contributed by atoms with Gasteiger partial charge in [0.2, 0.25) is 5.91 Å². The van der Waals surface area contributed by atoms with E-state index in [1.54, 1.807) is 19.2 Å². The first-order valence-electron chi connectivity index (χ1n) is 7.64. The minimum atomic E-state index is -2.82. The van der Waals surface area contributed by atoms with Crippen LogP contribution in [-0.4, -0.2) is 38.1 Å². The Hall–Kier alpha value is -1.89. The highest BCUT2D eigenvalue weighted by atomic mass is 19.3. The summed E-state index contributed by atoms with van der Waals surface area (Å²) in [5, 5.41) is 5.19. The molecule has 0 bridgehead atoms. The molecular weight excluding hydrogens is 306 g/mol. The third-order valence-corrected chi connectivity index (χ3v) is 3.58. The number of carbonyl (C=O) groups is 1.